The van der Waals surface area contributed by atoms with Gasteiger partial charge in [0.05, 0.1) is 36.5 Å². The number of carbonyl (C=O) groups is 5. The number of hydrogen-bond donors (Lipinski definition) is 1. The molecular formula is C26H26N2O7. The van der Waals surface area contributed by atoms with Gasteiger partial charge in [-0.2, -0.15) is 0 Å². The third-order valence-electron chi connectivity index (χ3n) is 6.58. The maximum Gasteiger partial charge on any atom is 0.337 e. The Balaban J connectivity index is 1.54. The summed E-state index contributed by atoms with van der Waals surface area (Å²) in [6.45, 7) is 0.153. The minimum atomic E-state index is -0.660. The number of esters is 2. The van der Waals surface area contributed by atoms with Gasteiger partial charge in [-0.15, -0.1) is 0 Å². The van der Waals surface area contributed by atoms with E-state index in [1.807, 2.05) is 0 Å². The van der Waals surface area contributed by atoms with Crippen molar-refractivity contribution in [1.29, 1.82) is 0 Å². The van der Waals surface area contributed by atoms with Gasteiger partial charge in [0, 0.05) is 18.2 Å². The maximum atomic E-state index is 13.3. The molecule has 1 saturated carbocycles. The first-order valence-electron chi connectivity index (χ1n) is 11.4. The molecule has 9 heteroatoms. The van der Waals surface area contributed by atoms with Crippen molar-refractivity contribution >= 4 is 35.3 Å². The summed E-state index contributed by atoms with van der Waals surface area (Å²) >= 11 is 0. The van der Waals surface area contributed by atoms with Crippen LogP contribution in [0, 0.1) is 11.8 Å². The number of nitrogens with zero attached hydrogens (tertiary/aromatic N) is 1. The van der Waals surface area contributed by atoms with E-state index < -0.39 is 17.9 Å². The number of imide groups is 1. The number of benzene rings is 2. The largest absolute Gasteiger partial charge is 0.465 e. The molecule has 2 atom stereocenters. The lowest BCUT2D eigenvalue weighted by Gasteiger charge is -2.32. The topological polar surface area (TPSA) is 119 Å². The Bertz CT molecular complexity index is 1140. The second kappa shape index (κ2) is 10.1. The first kappa shape index (κ1) is 24.1. The van der Waals surface area contributed by atoms with Crippen LogP contribution >= 0.6 is 0 Å². The van der Waals surface area contributed by atoms with Crippen LogP contribution in [0.2, 0.25) is 0 Å². The van der Waals surface area contributed by atoms with Crippen LogP contribution in [0.4, 0.5) is 5.69 Å². The van der Waals surface area contributed by atoms with E-state index in [1.165, 1.54) is 37.3 Å². The van der Waals surface area contributed by atoms with Crippen LogP contribution in [0.1, 0.15) is 67.1 Å². The van der Waals surface area contributed by atoms with E-state index in [9.17, 15) is 24.0 Å². The van der Waals surface area contributed by atoms with Crippen LogP contribution in [0.3, 0.4) is 0 Å². The Morgan fingerprint density at radius 2 is 1.43 bits per heavy atom. The fourth-order valence-electron chi connectivity index (χ4n) is 4.82. The van der Waals surface area contributed by atoms with Gasteiger partial charge in [-0.1, -0.05) is 25.0 Å². The molecule has 1 N–H and O–H groups in total. The Kier molecular flexibility index (Phi) is 6.95. The first-order chi connectivity index (χ1) is 16.8. The number of anilines is 1. The van der Waals surface area contributed by atoms with Gasteiger partial charge >= 0.3 is 11.9 Å². The van der Waals surface area contributed by atoms with Gasteiger partial charge in [0.25, 0.3) is 11.8 Å². The molecule has 9 nitrogen and oxygen atoms in total. The minimum absolute atomic E-state index is 0.0944. The summed E-state index contributed by atoms with van der Waals surface area (Å²) in [6, 6.07) is 10.9. The maximum absolute atomic E-state index is 13.3. The number of rotatable bonds is 6. The van der Waals surface area contributed by atoms with Crippen molar-refractivity contribution in [2.45, 2.75) is 25.7 Å². The second-order valence-electron chi connectivity index (χ2n) is 8.69. The molecule has 0 saturated heterocycles. The number of carbonyl (C=O) groups excluding carboxylic acids is 5. The summed E-state index contributed by atoms with van der Waals surface area (Å²) in [6.07, 6.45) is 3.02. The summed E-state index contributed by atoms with van der Waals surface area (Å²) in [5, 5.41) is 2.80. The highest BCUT2D eigenvalue weighted by Crippen LogP contribution is 2.34. The third kappa shape index (κ3) is 4.80. The van der Waals surface area contributed by atoms with Gasteiger partial charge in [-0.05, 0) is 49.1 Å². The minimum Gasteiger partial charge on any atom is -0.465 e. The van der Waals surface area contributed by atoms with E-state index >= 15 is 0 Å². The molecule has 182 valence electrons. The normalized spacial score (nSPS) is 19.2. The highest BCUT2D eigenvalue weighted by atomic mass is 16.5. The van der Waals surface area contributed by atoms with Crippen molar-refractivity contribution in [1.82, 2.24) is 4.90 Å². The number of methoxy groups -OCH3 is 2. The standard InChI is InChI=1S/C26H26N2O7/c1-34-25(32)16-11-17(26(33)35-2)13-18(12-16)27-22(29)19-8-4-3-7-15(19)14-28-23(30)20-9-5-6-10-21(20)24(28)31/h5-6,9-13,15,19H,3-4,7-8,14H2,1-2H3,(H,27,29). The van der Waals surface area contributed by atoms with Crippen molar-refractivity contribution < 1.29 is 33.4 Å². The second-order valence-corrected chi connectivity index (χ2v) is 8.69. The van der Waals surface area contributed by atoms with Gasteiger partial charge in [0.1, 0.15) is 0 Å². The molecule has 4 rings (SSSR count). The van der Waals surface area contributed by atoms with Crippen LogP contribution in [0.25, 0.3) is 0 Å². The molecule has 0 radical (unpaired) electrons. The fourth-order valence-corrected chi connectivity index (χ4v) is 4.82. The SMILES string of the molecule is COC(=O)c1cc(NC(=O)C2CCCCC2CN2C(=O)c3ccccc3C2=O)cc(C(=O)OC)c1. The van der Waals surface area contributed by atoms with Gasteiger partial charge < -0.3 is 14.8 Å². The molecular weight excluding hydrogens is 452 g/mol. The molecule has 2 aromatic carbocycles. The monoisotopic (exact) mass is 478 g/mol. The number of hydrogen-bond acceptors (Lipinski definition) is 7. The van der Waals surface area contributed by atoms with Crippen molar-refractivity contribution in [2.24, 2.45) is 11.8 Å². The molecule has 1 aliphatic heterocycles. The quantitative estimate of drug-likeness (QED) is 0.500. The van der Waals surface area contributed by atoms with Crippen molar-refractivity contribution in [3.05, 3.63) is 64.7 Å². The van der Waals surface area contributed by atoms with E-state index in [0.29, 0.717) is 24.0 Å². The van der Waals surface area contributed by atoms with Crippen LogP contribution in [-0.4, -0.2) is 55.3 Å². The Morgan fingerprint density at radius 1 is 0.886 bits per heavy atom. The third-order valence-corrected chi connectivity index (χ3v) is 6.58. The van der Waals surface area contributed by atoms with Gasteiger partial charge in [0.15, 0.2) is 0 Å². The van der Waals surface area contributed by atoms with Crippen LogP contribution in [-0.2, 0) is 14.3 Å². The zero-order valence-electron chi connectivity index (χ0n) is 19.5. The Labute approximate surface area is 202 Å². The molecule has 1 heterocycles. The summed E-state index contributed by atoms with van der Waals surface area (Å²) in [5.41, 5.74) is 1.20. The number of fused-ring (bicyclic) bond motifs is 1. The average molecular weight is 479 g/mol. The van der Waals surface area contributed by atoms with E-state index in [1.54, 1.807) is 24.3 Å². The average Bonchev–Trinajstić information content (AvgIpc) is 3.12. The van der Waals surface area contributed by atoms with E-state index in [4.69, 9.17) is 9.47 Å². The van der Waals surface area contributed by atoms with Crippen LogP contribution in [0.5, 0.6) is 0 Å². The van der Waals surface area contributed by atoms with E-state index in [2.05, 4.69) is 5.32 Å². The van der Waals surface area contributed by atoms with Gasteiger partial charge in [0.2, 0.25) is 5.91 Å². The molecule has 1 aliphatic carbocycles. The number of ether oxygens (including phenoxy) is 2. The molecule has 3 amide bonds. The molecule has 0 spiro atoms. The molecule has 2 aliphatic rings. The Hall–Kier alpha value is -4.01. The molecule has 0 aromatic heterocycles. The summed E-state index contributed by atoms with van der Waals surface area (Å²) < 4.78 is 9.49. The summed E-state index contributed by atoms with van der Waals surface area (Å²) in [5.74, 6) is -2.97. The number of nitrogens with one attached hydrogen (secondary N) is 1. The van der Waals surface area contributed by atoms with Crippen molar-refractivity contribution in [3.8, 4) is 0 Å². The van der Waals surface area contributed by atoms with Crippen molar-refractivity contribution in [3.63, 3.8) is 0 Å². The summed E-state index contributed by atoms with van der Waals surface area (Å²) in [7, 11) is 2.44. The zero-order valence-corrected chi connectivity index (χ0v) is 19.5. The predicted octanol–water partition coefficient (Wildman–Crippen LogP) is 3.30. The molecule has 35 heavy (non-hydrogen) atoms. The first-order valence-corrected chi connectivity index (χ1v) is 11.4. The fraction of sp³-hybridized carbons (Fsp3) is 0.346. The van der Waals surface area contributed by atoms with Crippen LogP contribution < -0.4 is 5.32 Å². The highest BCUT2D eigenvalue weighted by molar-refractivity contribution is 6.21. The zero-order chi connectivity index (χ0) is 25.1. The molecule has 2 aromatic rings. The smallest absolute Gasteiger partial charge is 0.337 e. The lowest BCUT2D eigenvalue weighted by molar-refractivity contribution is -0.122. The lowest BCUT2D eigenvalue weighted by atomic mass is 9.78. The van der Waals surface area contributed by atoms with Gasteiger partial charge in [-0.3, -0.25) is 19.3 Å². The van der Waals surface area contributed by atoms with E-state index in [-0.39, 0.29) is 47.0 Å². The predicted molar refractivity (Wildman–Crippen MR) is 125 cm³/mol. The molecule has 0 bridgehead atoms. The lowest BCUT2D eigenvalue weighted by Crippen LogP contribution is -2.41. The highest BCUT2D eigenvalue weighted by Gasteiger charge is 2.40. The number of amides is 3. The Morgan fingerprint density at radius 3 is 1.97 bits per heavy atom. The van der Waals surface area contributed by atoms with E-state index in [0.717, 1.165) is 12.8 Å². The van der Waals surface area contributed by atoms with Gasteiger partial charge in [-0.25, -0.2) is 9.59 Å². The molecule has 1 fully saturated rings. The molecule has 2 unspecified atom stereocenters. The van der Waals surface area contributed by atoms with Crippen LogP contribution in [0.15, 0.2) is 42.5 Å². The van der Waals surface area contributed by atoms with Crippen molar-refractivity contribution in [2.75, 3.05) is 26.1 Å². The summed E-state index contributed by atoms with van der Waals surface area (Å²) in [4.78, 5) is 64.3.